The number of carbonyl (C=O) groups excluding carboxylic acids is 3. The highest BCUT2D eigenvalue weighted by Gasteiger charge is 2.19. The topological polar surface area (TPSA) is 78.9 Å². The van der Waals surface area contributed by atoms with Crippen LogP contribution in [0.2, 0.25) is 0 Å². The van der Waals surface area contributed by atoms with E-state index in [1.165, 1.54) is 283 Å². The molecule has 1 atom stereocenters. The van der Waals surface area contributed by atoms with Gasteiger partial charge in [0.1, 0.15) is 13.2 Å². The van der Waals surface area contributed by atoms with Crippen molar-refractivity contribution < 1.29 is 28.6 Å². The van der Waals surface area contributed by atoms with Crippen molar-refractivity contribution >= 4 is 17.9 Å². The molecule has 6 heteroatoms. The summed E-state index contributed by atoms with van der Waals surface area (Å²) in [5.41, 5.74) is 0. The van der Waals surface area contributed by atoms with Gasteiger partial charge in [0.15, 0.2) is 6.10 Å². The number of carbonyl (C=O) groups is 3. The first-order valence-corrected chi connectivity index (χ1v) is 36.5. The van der Waals surface area contributed by atoms with Crippen LogP contribution in [0.5, 0.6) is 0 Å². The Morgan fingerprint density at radius 1 is 0.259 bits per heavy atom. The Kier molecular flexibility index (Phi) is 68.1. The Labute approximate surface area is 506 Å². The van der Waals surface area contributed by atoms with Gasteiger partial charge in [-0.05, 0) is 51.4 Å². The summed E-state index contributed by atoms with van der Waals surface area (Å²) in [5, 5.41) is 0. The molecule has 0 aliphatic heterocycles. The molecule has 0 heterocycles. The Morgan fingerprint density at radius 3 is 0.753 bits per heavy atom. The summed E-state index contributed by atoms with van der Waals surface area (Å²) in [6, 6.07) is 0. The van der Waals surface area contributed by atoms with Gasteiger partial charge in [-0.1, -0.05) is 372 Å². The minimum atomic E-state index is -0.774. The molecule has 0 aromatic rings. The third-order valence-corrected chi connectivity index (χ3v) is 16.7. The molecule has 0 spiro atoms. The van der Waals surface area contributed by atoms with E-state index >= 15 is 0 Å². The van der Waals surface area contributed by atoms with Crippen LogP contribution >= 0.6 is 0 Å². The second-order valence-electron chi connectivity index (χ2n) is 24.8. The smallest absolute Gasteiger partial charge is 0.306 e. The van der Waals surface area contributed by atoms with Crippen LogP contribution in [0, 0.1) is 0 Å². The molecule has 0 saturated carbocycles. The number of allylic oxidation sites excluding steroid dienone is 6. The van der Waals surface area contributed by atoms with Gasteiger partial charge in [-0.3, -0.25) is 14.4 Å². The standard InChI is InChI=1S/C75H140O6/c1-4-7-10-13-16-19-22-25-28-31-33-35-36-37-38-39-40-42-44-47-50-53-56-59-62-65-68-74(77)80-71-72(70-79-73(76)67-64-61-58-55-52-49-46-43-30-27-24-21-18-15-12-9-6-3)81-75(78)69-66-63-60-57-54-51-48-45-41-34-32-29-26-23-20-17-14-11-8-5-2/h9,12,18,21,27,30,72H,4-8,10-11,13-17,19-20,22-26,28-29,31-71H2,1-3H3/b12-9-,21-18-,30-27-. The summed E-state index contributed by atoms with van der Waals surface area (Å²) >= 11 is 0. The first kappa shape index (κ1) is 78.6. The fraction of sp³-hybridized carbons (Fsp3) is 0.880. The van der Waals surface area contributed by atoms with Crippen molar-refractivity contribution in [3.05, 3.63) is 36.5 Å². The zero-order valence-electron chi connectivity index (χ0n) is 54.8. The molecule has 476 valence electrons. The van der Waals surface area contributed by atoms with Gasteiger partial charge in [0.25, 0.3) is 0 Å². The highest BCUT2D eigenvalue weighted by molar-refractivity contribution is 5.71. The Bertz CT molecular complexity index is 1350. The summed E-state index contributed by atoms with van der Waals surface area (Å²) in [6.45, 7) is 6.61. The summed E-state index contributed by atoms with van der Waals surface area (Å²) < 4.78 is 17.0. The first-order chi connectivity index (χ1) is 40.0. The third-order valence-electron chi connectivity index (χ3n) is 16.7. The normalized spacial score (nSPS) is 12.2. The van der Waals surface area contributed by atoms with E-state index in [4.69, 9.17) is 14.2 Å². The van der Waals surface area contributed by atoms with Gasteiger partial charge < -0.3 is 14.2 Å². The molecule has 0 rings (SSSR count). The SMILES string of the molecule is CC/C=C\C/C=C\C/C=C\CCCCCCCCCC(=O)OCC(COC(=O)CCCCCCCCCCCCCCCCCCCCCCCCCCCC)OC(=O)CCCCCCCCCCCCCCCCCCCCCC. The van der Waals surface area contributed by atoms with Gasteiger partial charge in [-0.25, -0.2) is 0 Å². The molecule has 0 radical (unpaired) electrons. The Balaban J connectivity index is 4.26. The molecule has 0 fully saturated rings. The average molecular weight is 1140 g/mol. The lowest BCUT2D eigenvalue weighted by Crippen LogP contribution is -2.30. The molecule has 0 aromatic carbocycles. The second-order valence-corrected chi connectivity index (χ2v) is 24.8. The molecule has 6 nitrogen and oxygen atoms in total. The maximum Gasteiger partial charge on any atom is 0.306 e. The van der Waals surface area contributed by atoms with Crippen molar-refractivity contribution in [3.8, 4) is 0 Å². The van der Waals surface area contributed by atoms with Crippen LogP contribution in [0.15, 0.2) is 36.5 Å². The molecule has 0 aromatic heterocycles. The molecule has 0 bridgehead atoms. The highest BCUT2D eigenvalue weighted by atomic mass is 16.6. The molecule has 0 saturated heterocycles. The predicted octanol–water partition coefficient (Wildman–Crippen LogP) is 25.1. The summed E-state index contributed by atoms with van der Waals surface area (Å²) in [7, 11) is 0. The van der Waals surface area contributed by atoms with Gasteiger partial charge in [-0.2, -0.15) is 0 Å². The van der Waals surface area contributed by atoms with Crippen LogP contribution in [-0.2, 0) is 28.6 Å². The quantitative estimate of drug-likeness (QED) is 0.0261. The van der Waals surface area contributed by atoms with Gasteiger partial charge >= 0.3 is 17.9 Å². The number of esters is 3. The number of ether oxygens (including phenoxy) is 3. The molecule has 0 N–H and O–H groups in total. The van der Waals surface area contributed by atoms with Crippen LogP contribution < -0.4 is 0 Å². The van der Waals surface area contributed by atoms with Gasteiger partial charge in [0.2, 0.25) is 0 Å². The van der Waals surface area contributed by atoms with Crippen molar-refractivity contribution in [1.82, 2.24) is 0 Å². The lowest BCUT2D eigenvalue weighted by Gasteiger charge is -2.18. The van der Waals surface area contributed by atoms with E-state index in [1.54, 1.807) is 0 Å². The van der Waals surface area contributed by atoms with Crippen molar-refractivity contribution in [2.24, 2.45) is 0 Å². The lowest BCUT2D eigenvalue weighted by molar-refractivity contribution is -0.167. The fourth-order valence-electron chi connectivity index (χ4n) is 11.2. The summed E-state index contributed by atoms with van der Waals surface area (Å²) in [6.07, 6.45) is 87.5. The minimum Gasteiger partial charge on any atom is -0.462 e. The summed E-state index contributed by atoms with van der Waals surface area (Å²) in [5.74, 6) is -0.846. The molecule has 0 amide bonds. The van der Waals surface area contributed by atoms with E-state index in [-0.39, 0.29) is 31.1 Å². The number of rotatable bonds is 68. The maximum atomic E-state index is 13.0. The van der Waals surface area contributed by atoms with Crippen molar-refractivity contribution in [2.45, 2.75) is 412 Å². The van der Waals surface area contributed by atoms with Crippen molar-refractivity contribution in [2.75, 3.05) is 13.2 Å². The number of hydrogen-bond donors (Lipinski definition) is 0. The van der Waals surface area contributed by atoms with Crippen LogP contribution in [0.25, 0.3) is 0 Å². The second kappa shape index (κ2) is 70.1. The van der Waals surface area contributed by atoms with Crippen LogP contribution in [0.4, 0.5) is 0 Å². The monoisotopic (exact) mass is 1140 g/mol. The van der Waals surface area contributed by atoms with E-state index < -0.39 is 6.10 Å². The summed E-state index contributed by atoms with van der Waals surface area (Å²) in [4.78, 5) is 38.5. The van der Waals surface area contributed by atoms with E-state index in [9.17, 15) is 14.4 Å². The predicted molar refractivity (Wildman–Crippen MR) is 353 cm³/mol. The van der Waals surface area contributed by atoms with Gasteiger partial charge in [0.05, 0.1) is 0 Å². The van der Waals surface area contributed by atoms with Crippen molar-refractivity contribution in [1.29, 1.82) is 0 Å². The highest BCUT2D eigenvalue weighted by Crippen LogP contribution is 2.19. The molecular weight excluding hydrogens is 997 g/mol. The van der Waals surface area contributed by atoms with Crippen LogP contribution in [-0.4, -0.2) is 37.2 Å². The first-order valence-electron chi connectivity index (χ1n) is 36.5. The van der Waals surface area contributed by atoms with E-state index in [1.807, 2.05) is 0 Å². The molecule has 81 heavy (non-hydrogen) atoms. The molecule has 0 aliphatic rings. The fourth-order valence-corrected chi connectivity index (χ4v) is 11.2. The van der Waals surface area contributed by atoms with E-state index in [0.29, 0.717) is 19.3 Å². The van der Waals surface area contributed by atoms with Gasteiger partial charge in [-0.15, -0.1) is 0 Å². The van der Waals surface area contributed by atoms with E-state index in [2.05, 4.69) is 57.2 Å². The minimum absolute atomic E-state index is 0.0691. The maximum absolute atomic E-state index is 13.0. The number of unbranched alkanes of at least 4 members (excludes halogenated alkanes) is 51. The zero-order chi connectivity index (χ0) is 58.5. The number of hydrogen-bond acceptors (Lipinski definition) is 6. The Hall–Kier alpha value is -2.37. The molecule has 1 unspecified atom stereocenters. The molecular formula is C75H140O6. The zero-order valence-corrected chi connectivity index (χ0v) is 54.8. The third kappa shape index (κ3) is 68.3. The van der Waals surface area contributed by atoms with Crippen LogP contribution in [0.1, 0.15) is 406 Å². The van der Waals surface area contributed by atoms with Crippen LogP contribution in [0.3, 0.4) is 0 Å². The lowest BCUT2D eigenvalue weighted by atomic mass is 10.0. The van der Waals surface area contributed by atoms with Crippen molar-refractivity contribution in [3.63, 3.8) is 0 Å². The Morgan fingerprint density at radius 2 is 0.481 bits per heavy atom. The largest absolute Gasteiger partial charge is 0.462 e. The van der Waals surface area contributed by atoms with Gasteiger partial charge in [0, 0.05) is 19.3 Å². The van der Waals surface area contributed by atoms with E-state index in [0.717, 1.165) is 83.5 Å². The molecule has 0 aliphatic carbocycles. The average Bonchev–Trinajstić information content (AvgIpc) is 3.47.